The van der Waals surface area contributed by atoms with E-state index in [1.807, 2.05) is 19.1 Å². The predicted octanol–water partition coefficient (Wildman–Crippen LogP) is 2.37. The highest BCUT2D eigenvalue weighted by atomic mass is 35.5. The molecule has 0 radical (unpaired) electrons. The van der Waals surface area contributed by atoms with Crippen molar-refractivity contribution in [1.82, 2.24) is 0 Å². The van der Waals surface area contributed by atoms with Crippen LogP contribution in [0.25, 0.3) is 0 Å². The monoisotopic (exact) mass is 247 g/mol. The molecule has 0 fully saturated rings. The summed E-state index contributed by atoms with van der Waals surface area (Å²) in [5.74, 6) is 0.416. The molecule has 84 valence electrons. The highest BCUT2D eigenvalue weighted by Crippen LogP contribution is 2.11. The van der Waals surface area contributed by atoms with Crippen LogP contribution in [-0.2, 0) is 10.0 Å². The predicted molar refractivity (Wildman–Crippen MR) is 63.9 cm³/mol. The van der Waals surface area contributed by atoms with Gasteiger partial charge in [-0.25, -0.2) is 8.42 Å². The van der Waals surface area contributed by atoms with E-state index in [0.717, 1.165) is 5.56 Å². The van der Waals surface area contributed by atoms with Gasteiger partial charge in [-0.2, -0.15) is 0 Å². The van der Waals surface area contributed by atoms with Gasteiger partial charge < -0.3 is 0 Å². The lowest BCUT2D eigenvalue weighted by molar-refractivity contribution is 0.600. The minimum Gasteiger partial charge on any atom is -0.284 e. The van der Waals surface area contributed by atoms with Gasteiger partial charge in [0.05, 0.1) is 5.75 Å². The van der Waals surface area contributed by atoms with Crippen molar-refractivity contribution in [2.75, 3.05) is 16.4 Å². The first kappa shape index (κ1) is 12.3. The summed E-state index contributed by atoms with van der Waals surface area (Å²) in [4.78, 5) is 0. The molecule has 0 saturated heterocycles. The van der Waals surface area contributed by atoms with Gasteiger partial charge in [-0.1, -0.05) is 17.7 Å². The number of halogens is 1. The fourth-order valence-corrected chi connectivity index (χ4v) is 2.51. The lowest BCUT2D eigenvalue weighted by Gasteiger charge is -2.07. The lowest BCUT2D eigenvalue weighted by atomic mass is 10.2. The topological polar surface area (TPSA) is 46.2 Å². The third kappa shape index (κ3) is 4.53. The molecule has 0 bridgehead atoms. The first-order valence-corrected chi connectivity index (χ1v) is 6.85. The number of sulfonamides is 1. The molecule has 5 heteroatoms. The van der Waals surface area contributed by atoms with Gasteiger partial charge in [0, 0.05) is 11.6 Å². The first-order valence-electron chi connectivity index (χ1n) is 4.66. The van der Waals surface area contributed by atoms with Crippen LogP contribution < -0.4 is 4.72 Å². The molecule has 0 saturated carbocycles. The molecule has 15 heavy (non-hydrogen) atoms. The summed E-state index contributed by atoms with van der Waals surface area (Å²) in [5, 5.41) is 0. The SMILES string of the molecule is Cc1ccc(NS(=O)(=O)CCCCl)cc1. The number of hydrogen-bond donors (Lipinski definition) is 1. The van der Waals surface area contributed by atoms with Crippen LogP contribution in [0.4, 0.5) is 5.69 Å². The molecular formula is C10H14ClNO2S. The summed E-state index contributed by atoms with van der Waals surface area (Å²) in [6, 6.07) is 7.21. The Bertz CT molecular complexity index is 400. The second-order valence-electron chi connectivity index (χ2n) is 3.33. The number of nitrogens with one attached hydrogen (secondary N) is 1. The number of aryl methyl sites for hydroxylation is 1. The highest BCUT2D eigenvalue weighted by Gasteiger charge is 2.08. The Balaban J connectivity index is 2.65. The normalized spacial score (nSPS) is 11.3. The van der Waals surface area contributed by atoms with Gasteiger partial charge in [0.15, 0.2) is 0 Å². The fraction of sp³-hybridized carbons (Fsp3) is 0.400. The van der Waals surface area contributed by atoms with Gasteiger partial charge in [0.2, 0.25) is 10.0 Å². The Kier molecular flexibility index (Phi) is 4.42. The van der Waals surface area contributed by atoms with Crippen LogP contribution >= 0.6 is 11.6 Å². The van der Waals surface area contributed by atoms with Gasteiger partial charge in [-0.3, -0.25) is 4.72 Å². The average Bonchev–Trinajstić information content (AvgIpc) is 2.18. The molecule has 0 aliphatic heterocycles. The van der Waals surface area contributed by atoms with Crippen molar-refractivity contribution in [3.63, 3.8) is 0 Å². The summed E-state index contributed by atoms with van der Waals surface area (Å²) in [7, 11) is -3.24. The fourth-order valence-electron chi connectivity index (χ4n) is 1.10. The molecule has 1 rings (SSSR count). The van der Waals surface area contributed by atoms with Crippen LogP contribution in [0, 0.1) is 6.92 Å². The zero-order valence-corrected chi connectivity index (χ0v) is 10.1. The minimum atomic E-state index is -3.24. The van der Waals surface area contributed by atoms with Crippen molar-refractivity contribution in [2.45, 2.75) is 13.3 Å². The molecule has 0 unspecified atom stereocenters. The third-order valence-electron chi connectivity index (χ3n) is 1.87. The van der Waals surface area contributed by atoms with E-state index in [-0.39, 0.29) is 5.75 Å². The number of rotatable bonds is 5. The van der Waals surface area contributed by atoms with Crippen molar-refractivity contribution >= 4 is 27.3 Å². The number of anilines is 1. The quantitative estimate of drug-likeness (QED) is 0.812. The smallest absolute Gasteiger partial charge is 0.232 e. The zero-order valence-electron chi connectivity index (χ0n) is 8.53. The van der Waals surface area contributed by atoms with Crippen molar-refractivity contribution in [3.8, 4) is 0 Å². The van der Waals surface area contributed by atoms with Gasteiger partial charge in [0.1, 0.15) is 0 Å². The maximum absolute atomic E-state index is 11.5. The van der Waals surface area contributed by atoms with Gasteiger partial charge >= 0.3 is 0 Å². The average molecular weight is 248 g/mol. The van der Waals surface area contributed by atoms with Crippen LogP contribution in [0.2, 0.25) is 0 Å². The number of hydrogen-bond acceptors (Lipinski definition) is 2. The first-order chi connectivity index (χ1) is 7.03. The molecule has 0 aliphatic rings. The van der Waals surface area contributed by atoms with E-state index >= 15 is 0 Å². The summed E-state index contributed by atoms with van der Waals surface area (Å²) in [6.07, 6.45) is 0.461. The Labute approximate surface area is 95.5 Å². The van der Waals surface area contributed by atoms with E-state index in [4.69, 9.17) is 11.6 Å². The molecule has 0 aromatic heterocycles. The van der Waals surface area contributed by atoms with Crippen LogP contribution in [0.3, 0.4) is 0 Å². The molecular weight excluding hydrogens is 234 g/mol. The van der Waals surface area contributed by atoms with Gasteiger partial charge in [0.25, 0.3) is 0 Å². The van der Waals surface area contributed by atoms with E-state index in [0.29, 0.717) is 18.0 Å². The van der Waals surface area contributed by atoms with E-state index < -0.39 is 10.0 Å². The summed E-state index contributed by atoms with van der Waals surface area (Å²) in [6.45, 7) is 1.95. The summed E-state index contributed by atoms with van der Waals surface area (Å²) < 4.78 is 25.4. The molecule has 3 nitrogen and oxygen atoms in total. The highest BCUT2D eigenvalue weighted by molar-refractivity contribution is 7.92. The van der Waals surface area contributed by atoms with Crippen LogP contribution in [0.15, 0.2) is 24.3 Å². The number of alkyl halides is 1. The molecule has 1 aromatic carbocycles. The number of benzene rings is 1. The molecule has 0 spiro atoms. The van der Waals surface area contributed by atoms with Crippen LogP contribution in [0.1, 0.15) is 12.0 Å². The van der Waals surface area contributed by atoms with Crippen molar-refractivity contribution < 1.29 is 8.42 Å². The summed E-state index contributed by atoms with van der Waals surface area (Å²) >= 11 is 5.44. The van der Waals surface area contributed by atoms with Crippen molar-refractivity contribution in [3.05, 3.63) is 29.8 Å². The second-order valence-corrected chi connectivity index (χ2v) is 5.55. The maximum Gasteiger partial charge on any atom is 0.232 e. The van der Waals surface area contributed by atoms with E-state index in [2.05, 4.69) is 4.72 Å². The standard InChI is InChI=1S/C10H14ClNO2S/c1-9-3-5-10(6-4-9)12-15(13,14)8-2-7-11/h3-6,12H,2,7-8H2,1H3. The molecule has 0 amide bonds. The Morgan fingerprint density at radius 2 is 1.87 bits per heavy atom. The second kappa shape index (κ2) is 5.37. The van der Waals surface area contributed by atoms with Gasteiger partial charge in [-0.15, -0.1) is 11.6 Å². The van der Waals surface area contributed by atoms with Crippen LogP contribution in [0.5, 0.6) is 0 Å². The van der Waals surface area contributed by atoms with Crippen LogP contribution in [-0.4, -0.2) is 20.1 Å². The largest absolute Gasteiger partial charge is 0.284 e. The molecule has 1 N–H and O–H groups in total. The molecule has 1 aromatic rings. The van der Waals surface area contributed by atoms with Crippen molar-refractivity contribution in [1.29, 1.82) is 0 Å². The third-order valence-corrected chi connectivity index (χ3v) is 3.51. The zero-order chi connectivity index (χ0) is 11.3. The van der Waals surface area contributed by atoms with E-state index in [1.54, 1.807) is 12.1 Å². The lowest BCUT2D eigenvalue weighted by Crippen LogP contribution is -2.16. The Morgan fingerprint density at radius 3 is 2.40 bits per heavy atom. The summed E-state index contributed by atoms with van der Waals surface area (Å²) in [5.41, 5.74) is 1.69. The van der Waals surface area contributed by atoms with Gasteiger partial charge in [-0.05, 0) is 25.5 Å². The minimum absolute atomic E-state index is 0.0599. The molecule has 0 heterocycles. The maximum atomic E-state index is 11.5. The van der Waals surface area contributed by atoms with Crippen molar-refractivity contribution in [2.24, 2.45) is 0 Å². The molecule has 0 aliphatic carbocycles. The molecule has 0 atom stereocenters. The van der Waals surface area contributed by atoms with E-state index in [1.165, 1.54) is 0 Å². The Morgan fingerprint density at radius 1 is 1.27 bits per heavy atom. The van der Waals surface area contributed by atoms with E-state index in [9.17, 15) is 8.42 Å². The Hall–Kier alpha value is -0.740.